The molecule has 182 valence electrons. The number of hydrogen-bond donors (Lipinski definition) is 0. The zero-order chi connectivity index (χ0) is 24.8. The number of Topliss-reactive ketones (excluding diaryl/α,β-unsaturated/α-hetero) is 1. The van der Waals surface area contributed by atoms with Gasteiger partial charge in [-0.25, -0.2) is 9.18 Å². The number of carbonyl (C=O) groups excluding carboxylic acids is 3. The Labute approximate surface area is 199 Å². The van der Waals surface area contributed by atoms with Crippen molar-refractivity contribution in [2.75, 3.05) is 44.3 Å². The van der Waals surface area contributed by atoms with Crippen LogP contribution in [0.5, 0.6) is 5.75 Å². The molecule has 0 saturated carbocycles. The summed E-state index contributed by atoms with van der Waals surface area (Å²) in [6.07, 6.45) is 0. The molecule has 0 atom stereocenters. The van der Waals surface area contributed by atoms with Crippen molar-refractivity contribution in [1.29, 1.82) is 0 Å². The van der Waals surface area contributed by atoms with Gasteiger partial charge in [-0.3, -0.25) is 9.59 Å². The van der Waals surface area contributed by atoms with Crippen LogP contribution in [0, 0.1) is 12.7 Å². The third kappa shape index (κ3) is 6.34. The summed E-state index contributed by atoms with van der Waals surface area (Å²) >= 11 is 0. The molecule has 2 aromatic carbocycles. The quantitative estimate of drug-likeness (QED) is 0.432. The van der Waals surface area contributed by atoms with E-state index >= 15 is 0 Å². The molecule has 0 aromatic heterocycles. The number of hydrogen-bond acceptors (Lipinski definition) is 6. The largest absolute Gasteiger partial charge is 0.482 e. The van der Waals surface area contributed by atoms with Crippen LogP contribution in [0.15, 0.2) is 36.4 Å². The SMILES string of the molecule is CC(=O)c1ccc(N2CCN(C(=O)COC(=O)COc3ccc(C(C)C)c(C)c3)CC2)c(F)c1. The Bertz CT molecular complexity index is 1060. The second kappa shape index (κ2) is 11.1. The zero-order valence-electron chi connectivity index (χ0n) is 20.1. The van der Waals surface area contributed by atoms with Gasteiger partial charge in [0.05, 0.1) is 5.69 Å². The first-order valence-electron chi connectivity index (χ1n) is 11.4. The number of esters is 1. The Hall–Kier alpha value is -3.42. The minimum Gasteiger partial charge on any atom is -0.482 e. The Morgan fingerprint density at radius 2 is 1.71 bits per heavy atom. The van der Waals surface area contributed by atoms with Crippen molar-refractivity contribution in [1.82, 2.24) is 4.90 Å². The fourth-order valence-corrected chi connectivity index (χ4v) is 3.98. The Morgan fingerprint density at radius 3 is 2.29 bits per heavy atom. The number of ketones is 1. The van der Waals surface area contributed by atoms with E-state index in [4.69, 9.17) is 9.47 Å². The molecule has 8 heteroatoms. The van der Waals surface area contributed by atoms with Crippen LogP contribution >= 0.6 is 0 Å². The van der Waals surface area contributed by atoms with Gasteiger partial charge in [0.1, 0.15) is 11.6 Å². The highest BCUT2D eigenvalue weighted by Crippen LogP contribution is 2.24. The predicted octanol–water partition coefficient (Wildman–Crippen LogP) is 3.73. The lowest BCUT2D eigenvalue weighted by Gasteiger charge is -2.36. The lowest BCUT2D eigenvalue weighted by molar-refractivity contribution is -0.153. The molecule has 1 fully saturated rings. The number of carbonyl (C=O) groups is 3. The Balaban J connectivity index is 1.42. The normalized spacial score (nSPS) is 13.7. The maximum Gasteiger partial charge on any atom is 0.344 e. The molecule has 0 bridgehead atoms. The summed E-state index contributed by atoms with van der Waals surface area (Å²) in [5, 5.41) is 0. The first kappa shape index (κ1) is 25.2. The van der Waals surface area contributed by atoms with Gasteiger partial charge in [0.15, 0.2) is 19.0 Å². The highest BCUT2D eigenvalue weighted by Gasteiger charge is 2.24. The highest BCUT2D eigenvalue weighted by molar-refractivity contribution is 5.94. The fraction of sp³-hybridized carbons (Fsp3) is 0.423. The predicted molar refractivity (Wildman–Crippen MR) is 127 cm³/mol. The summed E-state index contributed by atoms with van der Waals surface area (Å²) in [6.45, 7) is 8.59. The number of nitrogens with zero attached hydrogens (tertiary/aromatic N) is 2. The van der Waals surface area contributed by atoms with Crippen molar-refractivity contribution < 1.29 is 28.2 Å². The van der Waals surface area contributed by atoms with Crippen molar-refractivity contribution in [2.24, 2.45) is 0 Å². The van der Waals surface area contributed by atoms with Crippen LogP contribution in [0.4, 0.5) is 10.1 Å². The smallest absolute Gasteiger partial charge is 0.344 e. The van der Waals surface area contributed by atoms with E-state index in [1.165, 1.54) is 18.6 Å². The molecule has 2 aromatic rings. The van der Waals surface area contributed by atoms with Crippen LogP contribution in [0.1, 0.15) is 48.2 Å². The molecule has 0 radical (unpaired) electrons. The van der Waals surface area contributed by atoms with Gasteiger partial charge in [0.25, 0.3) is 5.91 Å². The van der Waals surface area contributed by atoms with Crippen molar-refractivity contribution in [3.63, 3.8) is 0 Å². The molecule has 0 aliphatic carbocycles. The van der Waals surface area contributed by atoms with Gasteiger partial charge in [0, 0.05) is 31.7 Å². The number of benzene rings is 2. The van der Waals surface area contributed by atoms with Gasteiger partial charge in [-0.1, -0.05) is 19.9 Å². The van der Waals surface area contributed by atoms with Crippen LogP contribution in [0.3, 0.4) is 0 Å². The summed E-state index contributed by atoms with van der Waals surface area (Å²) in [7, 11) is 0. The summed E-state index contributed by atoms with van der Waals surface area (Å²) in [5.74, 6) is -0.610. The van der Waals surface area contributed by atoms with E-state index in [-0.39, 0.29) is 24.9 Å². The van der Waals surface area contributed by atoms with E-state index in [0.717, 1.165) is 5.56 Å². The van der Waals surface area contributed by atoms with Gasteiger partial charge in [-0.05, 0) is 61.2 Å². The number of aryl methyl sites for hydroxylation is 1. The van der Waals surface area contributed by atoms with Gasteiger partial charge in [-0.15, -0.1) is 0 Å². The number of halogens is 1. The third-order valence-electron chi connectivity index (χ3n) is 5.90. The van der Waals surface area contributed by atoms with Crippen molar-refractivity contribution >= 4 is 23.3 Å². The first-order valence-corrected chi connectivity index (χ1v) is 11.4. The van der Waals surface area contributed by atoms with Gasteiger partial charge >= 0.3 is 5.97 Å². The Morgan fingerprint density at radius 1 is 1.00 bits per heavy atom. The molecule has 1 aliphatic rings. The van der Waals surface area contributed by atoms with Crippen LogP contribution in [0.25, 0.3) is 0 Å². The maximum absolute atomic E-state index is 14.4. The third-order valence-corrected chi connectivity index (χ3v) is 5.90. The average Bonchev–Trinajstić information content (AvgIpc) is 2.81. The van der Waals surface area contributed by atoms with Crippen molar-refractivity contribution in [3.05, 3.63) is 58.9 Å². The van der Waals surface area contributed by atoms with Gasteiger partial charge in [0.2, 0.25) is 0 Å². The summed E-state index contributed by atoms with van der Waals surface area (Å²) < 4.78 is 25.0. The standard InChI is InChI=1S/C26H31FN2O5/c1-17(2)22-7-6-21(13-18(22)3)33-16-26(32)34-15-25(31)29-11-9-28(10-12-29)24-8-5-20(19(4)30)14-23(24)27/h5-8,13-14,17H,9-12,15-16H2,1-4H3. The first-order chi connectivity index (χ1) is 16.2. The van der Waals surface area contributed by atoms with E-state index < -0.39 is 11.8 Å². The van der Waals surface area contributed by atoms with E-state index in [1.807, 2.05) is 30.0 Å². The molecule has 0 N–H and O–H groups in total. The molecule has 0 spiro atoms. The lowest BCUT2D eigenvalue weighted by Crippen LogP contribution is -2.50. The Kier molecular flexibility index (Phi) is 8.26. The summed E-state index contributed by atoms with van der Waals surface area (Å²) in [5.41, 5.74) is 3.03. The van der Waals surface area contributed by atoms with Gasteiger partial charge in [-0.2, -0.15) is 0 Å². The second-order valence-corrected chi connectivity index (χ2v) is 8.71. The van der Waals surface area contributed by atoms with E-state index in [9.17, 15) is 18.8 Å². The molecule has 7 nitrogen and oxygen atoms in total. The van der Waals surface area contributed by atoms with Crippen LogP contribution in [0.2, 0.25) is 0 Å². The fourth-order valence-electron chi connectivity index (χ4n) is 3.98. The molecule has 1 heterocycles. The molecule has 0 unspecified atom stereocenters. The van der Waals surface area contributed by atoms with E-state index in [0.29, 0.717) is 49.1 Å². The molecule has 1 aliphatic heterocycles. The second-order valence-electron chi connectivity index (χ2n) is 8.71. The molecule has 1 saturated heterocycles. The average molecular weight is 471 g/mol. The highest BCUT2D eigenvalue weighted by atomic mass is 19.1. The van der Waals surface area contributed by atoms with E-state index in [2.05, 4.69) is 13.8 Å². The van der Waals surface area contributed by atoms with Crippen LogP contribution < -0.4 is 9.64 Å². The minimum absolute atomic E-state index is 0.194. The number of piperazine rings is 1. The molecule has 1 amide bonds. The number of ether oxygens (including phenoxy) is 2. The molecule has 3 rings (SSSR count). The molecule has 34 heavy (non-hydrogen) atoms. The maximum atomic E-state index is 14.4. The van der Waals surface area contributed by atoms with Crippen LogP contribution in [-0.4, -0.2) is 62.0 Å². The lowest BCUT2D eigenvalue weighted by atomic mass is 9.98. The monoisotopic (exact) mass is 470 g/mol. The summed E-state index contributed by atoms with van der Waals surface area (Å²) in [6, 6.07) is 10.1. The molecular formula is C26H31FN2O5. The van der Waals surface area contributed by atoms with Crippen molar-refractivity contribution in [3.8, 4) is 5.75 Å². The zero-order valence-corrected chi connectivity index (χ0v) is 20.1. The number of rotatable bonds is 8. The topological polar surface area (TPSA) is 76.2 Å². The molecular weight excluding hydrogens is 439 g/mol. The van der Waals surface area contributed by atoms with Gasteiger partial charge < -0.3 is 19.3 Å². The summed E-state index contributed by atoms with van der Waals surface area (Å²) in [4.78, 5) is 39.3. The van der Waals surface area contributed by atoms with E-state index in [1.54, 1.807) is 17.0 Å². The number of anilines is 1. The minimum atomic E-state index is -0.620. The number of amides is 1. The van der Waals surface area contributed by atoms with Crippen molar-refractivity contribution in [2.45, 2.75) is 33.6 Å². The van der Waals surface area contributed by atoms with Crippen LogP contribution in [-0.2, 0) is 14.3 Å².